The maximum Gasteiger partial charge on any atom is 0.407 e. The van der Waals surface area contributed by atoms with Gasteiger partial charge in [-0.1, -0.05) is 0 Å². The Hall–Kier alpha value is -1.11. The van der Waals surface area contributed by atoms with E-state index in [2.05, 4.69) is 5.32 Å². The fraction of sp³-hybridized carbons (Fsp3) is 0.833. The van der Waals surface area contributed by atoms with Gasteiger partial charge in [0.25, 0.3) is 0 Å². The van der Waals surface area contributed by atoms with Crippen LogP contribution in [-0.4, -0.2) is 47.0 Å². The van der Waals surface area contributed by atoms with Gasteiger partial charge in [-0.2, -0.15) is 8.78 Å². The average Bonchev–Trinajstić information content (AvgIpc) is 2.25. The average molecular weight is 313 g/mol. The van der Waals surface area contributed by atoms with Crippen LogP contribution in [0.5, 0.6) is 0 Å². The molecule has 0 unspecified atom stereocenters. The van der Waals surface area contributed by atoms with Crippen LogP contribution in [0.2, 0.25) is 0 Å². The summed E-state index contributed by atoms with van der Waals surface area (Å²) in [6.45, 7) is 5.49. The van der Waals surface area contributed by atoms with Crippen molar-refractivity contribution in [3.8, 4) is 0 Å². The Kier molecular flexibility index (Phi) is 5.18. The third-order valence-electron chi connectivity index (χ3n) is 2.75. The molecule has 1 aliphatic rings. The highest BCUT2D eigenvalue weighted by Crippen LogP contribution is 2.24. The monoisotopic (exact) mass is 312 g/mol. The number of nitrogens with one attached hydrogen (secondary N) is 1. The van der Waals surface area contributed by atoms with Gasteiger partial charge in [-0.05, 0) is 45.2 Å². The number of amides is 2. The van der Waals surface area contributed by atoms with Crippen molar-refractivity contribution in [1.82, 2.24) is 10.2 Å². The lowest BCUT2D eigenvalue weighted by Crippen LogP contribution is -2.50. The highest BCUT2D eigenvalue weighted by molar-refractivity contribution is 6.32. The van der Waals surface area contributed by atoms with E-state index in [4.69, 9.17) is 16.3 Å². The van der Waals surface area contributed by atoms with Gasteiger partial charge in [0, 0.05) is 19.1 Å². The highest BCUT2D eigenvalue weighted by atomic mass is 35.5. The van der Waals surface area contributed by atoms with Crippen molar-refractivity contribution in [3.63, 3.8) is 0 Å². The first-order chi connectivity index (χ1) is 8.99. The number of alkyl halides is 3. The van der Waals surface area contributed by atoms with E-state index in [1.165, 1.54) is 0 Å². The third kappa shape index (κ3) is 5.48. The Balaban J connectivity index is 2.40. The predicted molar refractivity (Wildman–Crippen MR) is 69.8 cm³/mol. The number of halogens is 3. The van der Waals surface area contributed by atoms with Crippen LogP contribution >= 0.6 is 11.6 Å². The Labute approximate surface area is 121 Å². The van der Waals surface area contributed by atoms with Crippen LogP contribution in [0.15, 0.2) is 0 Å². The van der Waals surface area contributed by atoms with Crippen LogP contribution in [0.25, 0.3) is 0 Å². The molecule has 8 heteroatoms. The van der Waals surface area contributed by atoms with Crippen LogP contribution in [-0.2, 0) is 9.53 Å². The number of rotatable bonds is 2. The van der Waals surface area contributed by atoms with Crippen LogP contribution in [0.4, 0.5) is 13.6 Å². The van der Waals surface area contributed by atoms with Crippen molar-refractivity contribution < 1.29 is 23.1 Å². The number of alkyl carbamates (subject to hydrolysis) is 1. The molecule has 1 N–H and O–H groups in total. The molecule has 0 radical (unpaired) electrons. The van der Waals surface area contributed by atoms with Gasteiger partial charge >= 0.3 is 17.4 Å². The predicted octanol–water partition coefficient (Wildman–Crippen LogP) is 2.33. The standard InChI is InChI=1S/C12H19ClF2N2O3/c1-11(2,3)20-10(19)16-8-4-6-17(7-5-8)9(18)12(13,14)15/h8H,4-7H2,1-3H3,(H,16,19). The lowest BCUT2D eigenvalue weighted by atomic mass is 10.1. The molecule has 1 aliphatic heterocycles. The van der Waals surface area contributed by atoms with Gasteiger partial charge < -0.3 is 15.0 Å². The summed E-state index contributed by atoms with van der Waals surface area (Å²) in [5.74, 6) is -1.39. The molecular formula is C12H19ClF2N2O3. The molecule has 1 saturated heterocycles. The maximum atomic E-state index is 12.7. The molecule has 2 amide bonds. The fourth-order valence-corrected chi connectivity index (χ4v) is 2.00. The lowest BCUT2D eigenvalue weighted by molar-refractivity contribution is -0.148. The number of hydrogen-bond donors (Lipinski definition) is 1. The first-order valence-electron chi connectivity index (χ1n) is 6.34. The second-order valence-corrected chi connectivity index (χ2v) is 6.19. The van der Waals surface area contributed by atoms with Crippen molar-refractivity contribution in [3.05, 3.63) is 0 Å². The molecule has 0 saturated carbocycles. The van der Waals surface area contributed by atoms with Crippen molar-refractivity contribution in [2.24, 2.45) is 0 Å². The van der Waals surface area contributed by atoms with E-state index >= 15 is 0 Å². The molecule has 1 rings (SSSR count). The maximum absolute atomic E-state index is 12.7. The van der Waals surface area contributed by atoms with Gasteiger partial charge in [-0.3, -0.25) is 4.79 Å². The number of piperidine rings is 1. The smallest absolute Gasteiger partial charge is 0.407 e. The summed E-state index contributed by atoms with van der Waals surface area (Å²) in [4.78, 5) is 23.8. The van der Waals surface area contributed by atoms with Gasteiger partial charge in [0.2, 0.25) is 0 Å². The molecule has 0 aromatic rings. The quantitative estimate of drug-likeness (QED) is 0.796. The van der Waals surface area contributed by atoms with Gasteiger partial charge in [0.05, 0.1) is 0 Å². The van der Waals surface area contributed by atoms with Crippen molar-refractivity contribution >= 4 is 23.6 Å². The van der Waals surface area contributed by atoms with E-state index in [9.17, 15) is 18.4 Å². The molecule has 0 spiro atoms. The molecule has 1 fully saturated rings. The van der Waals surface area contributed by atoms with E-state index < -0.39 is 23.0 Å². The Bertz CT molecular complexity index is 372. The molecule has 0 bridgehead atoms. The summed E-state index contributed by atoms with van der Waals surface area (Å²) < 4.78 is 30.5. The van der Waals surface area contributed by atoms with Crippen LogP contribution in [0, 0.1) is 0 Å². The topological polar surface area (TPSA) is 58.6 Å². The minimum atomic E-state index is -3.87. The molecule has 0 atom stereocenters. The second kappa shape index (κ2) is 6.11. The summed E-state index contributed by atoms with van der Waals surface area (Å²) in [7, 11) is 0. The number of nitrogens with zero attached hydrogens (tertiary/aromatic N) is 1. The van der Waals surface area contributed by atoms with Crippen LogP contribution in [0.3, 0.4) is 0 Å². The molecule has 116 valence electrons. The van der Waals surface area contributed by atoms with Crippen LogP contribution < -0.4 is 5.32 Å². The van der Waals surface area contributed by atoms with Gasteiger partial charge in [-0.15, -0.1) is 0 Å². The van der Waals surface area contributed by atoms with Gasteiger partial charge in [0.15, 0.2) is 0 Å². The minimum absolute atomic E-state index is 0.127. The van der Waals surface area contributed by atoms with Crippen molar-refractivity contribution in [2.75, 3.05) is 13.1 Å². The number of ether oxygens (including phenoxy) is 1. The fourth-order valence-electron chi connectivity index (χ4n) is 1.88. The van der Waals surface area contributed by atoms with E-state index in [-0.39, 0.29) is 19.1 Å². The summed E-state index contributed by atoms with van der Waals surface area (Å²) >= 11 is 4.70. The summed E-state index contributed by atoms with van der Waals surface area (Å²) in [6, 6.07) is -0.196. The largest absolute Gasteiger partial charge is 0.444 e. The summed E-state index contributed by atoms with van der Waals surface area (Å²) in [5, 5.41) is -1.22. The first-order valence-corrected chi connectivity index (χ1v) is 6.72. The van der Waals surface area contributed by atoms with Gasteiger partial charge in [0.1, 0.15) is 5.60 Å². The third-order valence-corrected chi connectivity index (χ3v) is 2.91. The van der Waals surface area contributed by atoms with E-state index in [1.54, 1.807) is 20.8 Å². The molecule has 0 aromatic carbocycles. The molecule has 0 aliphatic carbocycles. The molecule has 1 heterocycles. The zero-order valence-electron chi connectivity index (χ0n) is 11.7. The summed E-state index contributed by atoms with van der Waals surface area (Å²) in [6.07, 6.45) is 0.223. The SMILES string of the molecule is CC(C)(C)OC(=O)NC1CCN(C(=O)C(F)(F)Cl)CC1. The lowest BCUT2D eigenvalue weighted by Gasteiger charge is -2.33. The number of carbonyl (C=O) groups excluding carboxylic acids is 2. The molecule has 20 heavy (non-hydrogen) atoms. The Morgan fingerprint density at radius 1 is 1.25 bits per heavy atom. The molecule has 0 aromatic heterocycles. The zero-order valence-corrected chi connectivity index (χ0v) is 12.5. The second-order valence-electron chi connectivity index (χ2n) is 5.71. The van der Waals surface area contributed by atoms with E-state index in [1.807, 2.05) is 0 Å². The van der Waals surface area contributed by atoms with E-state index in [0.717, 1.165) is 4.90 Å². The van der Waals surface area contributed by atoms with Crippen molar-refractivity contribution in [1.29, 1.82) is 0 Å². The normalized spacial score (nSPS) is 17.8. The minimum Gasteiger partial charge on any atom is -0.444 e. The van der Waals surface area contributed by atoms with Crippen LogP contribution in [0.1, 0.15) is 33.6 Å². The number of likely N-dealkylation sites (tertiary alicyclic amines) is 1. The number of carbonyl (C=O) groups is 2. The first kappa shape index (κ1) is 16.9. The highest BCUT2D eigenvalue weighted by Gasteiger charge is 2.41. The zero-order chi connectivity index (χ0) is 15.6. The van der Waals surface area contributed by atoms with Crippen molar-refractivity contribution in [2.45, 2.75) is 50.6 Å². The van der Waals surface area contributed by atoms with E-state index in [0.29, 0.717) is 12.8 Å². The molecule has 5 nitrogen and oxygen atoms in total. The Morgan fingerprint density at radius 2 is 1.75 bits per heavy atom. The summed E-state index contributed by atoms with van der Waals surface area (Å²) in [5.41, 5.74) is -0.596. The number of hydrogen-bond acceptors (Lipinski definition) is 3. The van der Waals surface area contributed by atoms with Gasteiger partial charge in [-0.25, -0.2) is 4.79 Å². The molecular weight excluding hydrogens is 294 g/mol. The Morgan fingerprint density at radius 3 is 2.15 bits per heavy atom.